The average Bonchev–Trinajstić information content (AvgIpc) is 3.20. The van der Waals surface area contributed by atoms with Gasteiger partial charge in [0, 0.05) is 6.42 Å². The number of nitrogens with zero attached hydrogens (tertiary/aromatic N) is 2. The first kappa shape index (κ1) is 24.9. The van der Waals surface area contributed by atoms with E-state index in [2.05, 4.69) is 34.5 Å². The molecular weight excluding hydrogens is 362 g/mol. The van der Waals surface area contributed by atoms with Gasteiger partial charge in [-0.1, -0.05) is 82.6 Å². The number of allylic oxidation sites excluding steroid dienone is 2. The summed E-state index contributed by atoms with van der Waals surface area (Å²) in [7, 11) is 0. The van der Waals surface area contributed by atoms with Crippen LogP contribution in [0.5, 0.6) is 0 Å². The number of fused-ring (bicyclic) bond motifs is 1. The van der Waals surface area contributed by atoms with Crippen LogP contribution < -0.4 is 0 Å². The molecular formula is C24H39N3O2. The number of carbonyl (C=O) groups is 1. The number of aliphatic carboxylic acids is 1. The molecule has 0 spiro atoms. The van der Waals surface area contributed by atoms with Gasteiger partial charge < -0.3 is 5.11 Å². The monoisotopic (exact) mass is 401 g/mol. The smallest absolute Gasteiger partial charge is 0.303 e. The molecule has 2 aromatic rings. The van der Waals surface area contributed by atoms with Crippen molar-refractivity contribution in [3.63, 3.8) is 0 Å². The SMILES string of the molecule is CCCCCCCC/C=C/CCCCCCCC(=O)O.c1ccc2n[nH]nc2c1. The lowest BCUT2D eigenvalue weighted by Crippen LogP contribution is -1.93. The summed E-state index contributed by atoms with van der Waals surface area (Å²) in [5, 5.41) is 18.8. The molecule has 0 aliphatic rings. The van der Waals surface area contributed by atoms with Crippen molar-refractivity contribution in [3.8, 4) is 0 Å². The Morgan fingerprint density at radius 1 is 0.828 bits per heavy atom. The Kier molecular flexibility index (Phi) is 15.3. The van der Waals surface area contributed by atoms with E-state index < -0.39 is 5.97 Å². The quantitative estimate of drug-likeness (QED) is 0.247. The van der Waals surface area contributed by atoms with Crippen LogP contribution in [0.4, 0.5) is 0 Å². The van der Waals surface area contributed by atoms with Crippen molar-refractivity contribution in [2.75, 3.05) is 0 Å². The molecule has 1 aromatic heterocycles. The van der Waals surface area contributed by atoms with Gasteiger partial charge in [0.05, 0.1) is 0 Å². The molecule has 0 unspecified atom stereocenters. The molecule has 0 saturated heterocycles. The maximum absolute atomic E-state index is 10.3. The number of aromatic nitrogens is 3. The van der Waals surface area contributed by atoms with E-state index >= 15 is 0 Å². The first-order valence-corrected chi connectivity index (χ1v) is 11.4. The predicted molar refractivity (Wildman–Crippen MR) is 121 cm³/mol. The molecule has 0 bridgehead atoms. The van der Waals surface area contributed by atoms with Crippen LogP contribution in [0.1, 0.15) is 96.8 Å². The summed E-state index contributed by atoms with van der Waals surface area (Å²) in [5.41, 5.74) is 1.83. The minimum absolute atomic E-state index is 0.332. The number of carboxylic acid groups (broad SMARTS) is 1. The Morgan fingerprint density at radius 2 is 1.31 bits per heavy atom. The third-order valence-electron chi connectivity index (χ3n) is 4.88. The number of nitrogens with one attached hydrogen (secondary N) is 1. The zero-order valence-electron chi connectivity index (χ0n) is 18.1. The average molecular weight is 402 g/mol. The second kappa shape index (κ2) is 17.9. The molecule has 1 aromatic carbocycles. The number of hydrogen-bond donors (Lipinski definition) is 2. The lowest BCUT2D eigenvalue weighted by atomic mass is 10.1. The zero-order valence-corrected chi connectivity index (χ0v) is 18.1. The highest BCUT2D eigenvalue weighted by atomic mass is 16.4. The van der Waals surface area contributed by atoms with E-state index in [-0.39, 0.29) is 0 Å². The highest BCUT2D eigenvalue weighted by molar-refractivity contribution is 5.72. The van der Waals surface area contributed by atoms with Gasteiger partial charge in [-0.25, -0.2) is 0 Å². The number of unbranched alkanes of at least 4 members (excludes halogenated alkanes) is 11. The van der Waals surface area contributed by atoms with Gasteiger partial charge in [-0.15, -0.1) is 0 Å². The molecule has 2 rings (SSSR count). The number of para-hydroxylation sites is 2. The first-order valence-electron chi connectivity index (χ1n) is 11.4. The third-order valence-corrected chi connectivity index (χ3v) is 4.88. The first-order chi connectivity index (χ1) is 14.2. The summed E-state index contributed by atoms with van der Waals surface area (Å²) in [6.07, 6.45) is 21.2. The summed E-state index contributed by atoms with van der Waals surface area (Å²) in [5.74, 6) is -0.664. The molecule has 0 radical (unpaired) electrons. The normalized spacial score (nSPS) is 10.9. The lowest BCUT2D eigenvalue weighted by Gasteiger charge is -1.99. The van der Waals surface area contributed by atoms with E-state index in [0.29, 0.717) is 6.42 Å². The van der Waals surface area contributed by atoms with Crippen molar-refractivity contribution < 1.29 is 9.90 Å². The van der Waals surface area contributed by atoms with E-state index in [9.17, 15) is 4.79 Å². The molecule has 5 nitrogen and oxygen atoms in total. The minimum Gasteiger partial charge on any atom is -0.481 e. The topological polar surface area (TPSA) is 78.9 Å². The van der Waals surface area contributed by atoms with Crippen LogP contribution in [0.15, 0.2) is 36.4 Å². The van der Waals surface area contributed by atoms with Crippen molar-refractivity contribution in [3.05, 3.63) is 36.4 Å². The van der Waals surface area contributed by atoms with Crippen molar-refractivity contribution >= 4 is 17.0 Å². The van der Waals surface area contributed by atoms with E-state index in [1.54, 1.807) is 0 Å². The van der Waals surface area contributed by atoms with Crippen molar-refractivity contribution in [2.24, 2.45) is 0 Å². The molecule has 0 aliphatic carbocycles. The van der Waals surface area contributed by atoms with Crippen molar-refractivity contribution in [1.29, 1.82) is 0 Å². The lowest BCUT2D eigenvalue weighted by molar-refractivity contribution is -0.137. The van der Waals surface area contributed by atoms with Gasteiger partial charge in [-0.05, 0) is 44.2 Å². The van der Waals surface area contributed by atoms with E-state index in [1.807, 2.05) is 24.3 Å². The number of aromatic amines is 1. The molecule has 29 heavy (non-hydrogen) atoms. The number of H-pyrrole nitrogens is 1. The van der Waals surface area contributed by atoms with E-state index in [1.165, 1.54) is 70.6 Å². The zero-order chi connectivity index (χ0) is 21.0. The third kappa shape index (κ3) is 14.5. The van der Waals surface area contributed by atoms with Crippen LogP contribution in [-0.4, -0.2) is 26.5 Å². The van der Waals surface area contributed by atoms with Gasteiger partial charge in [0.15, 0.2) is 0 Å². The molecule has 5 heteroatoms. The molecule has 0 fully saturated rings. The van der Waals surface area contributed by atoms with Gasteiger partial charge in [-0.2, -0.15) is 15.4 Å². The molecule has 0 aliphatic heterocycles. The van der Waals surface area contributed by atoms with Crippen LogP contribution in [0, 0.1) is 0 Å². The van der Waals surface area contributed by atoms with Crippen LogP contribution >= 0.6 is 0 Å². The summed E-state index contributed by atoms with van der Waals surface area (Å²) < 4.78 is 0. The molecule has 1 heterocycles. The highest BCUT2D eigenvalue weighted by Crippen LogP contribution is 2.10. The summed E-state index contributed by atoms with van der Waals surface area (Å²) in [6.45, 7) is 2.26. The molecule has 0 atom stereocenters. The number of rotatable bonds is 15. The maximum Gasteiger partial charge on any atom is 0.303 e. The largest absolute Gasteiger partial charge is 0.481 e. The highest BCUT2D eigenvalue weighted by Gasteiger charge is 1.96. The number of carboxylic acids is 1. The Labute approximate surface area is 176 Å². The minimum atomic E-state index is -0.664. The fourth-order valence-corrected chi connectivity index (χ4v) is 3.13. The molecule has 0 amide bonds. The molecule has 2 N–H and O–H groups in total. The predicted octanol–water partition coefficient (Wildman–Crippen LogP) is 7.07. The van der Waals surface area contributed by atoms with Gasteiger partial charge in [0.1, 0.15) is 11.0 Å². The summed E-state index contributed by atoms with van der Waals surface area (Å²) in [4.78, 5) is 10.3. The van der Waals surface area contributed by atoms with Gasteiger partial charge >= 0.3 is 5.97 Å². The van der Waals surface area contributed by atoms with Gasteiger partial charge in [-0.3, -0.25) is 4.79 Å². The second-order valence-corrected chi connectivity index (χ2v) is 7.54. The van der Waals surface area contributed by atoms with Gasteiger partial charge in [0.25, 0.3) is 0 Å². The van der Waals surface area contributed by atoms with E-state index in [0.717, 1.165) is 23.9 Å². The van der Waals surface area contributed by atoms with Crippen LogP contribution in [-0.2, 0) is 4.79 Å². The van der Waals surface area contributed by atoms with Crippen LogP contribution in [0.2, 0.25) is 0 Å². The fraction of sp³-hybridized carbons (Fsp3) is 0.625. The Balaban J connectivity index is 0.000000379. The number of hydrogen-bond acceptors (Lipinski definition) is 3. The standard InChI is InChI=1S/C18H34O2.C6H5N3/c1-2-3-4-5-6-7-8-9-10-11-12-13-14-15-16-17-18(19)20;1-2-4-6-5(3-1)7-9-8-6/h9-10H,2-8,11-17H2,1H3,(H,19,20);1-4H,(H,7,8,9)/b10-9+;. The van der Waals surface area contributed by atoms with Crippen molar-refractivity contribution in [1.82, 2.24) is 15.4 Å². The van der Waals surface area contributed by atoms with Crippen LogP contribution in [0.25, 0.3) is 11.0 Å². The Morgan fingerprint density at radius 3 is 1.83 bits per heavy atom. The Bertz CT molecular complexity index is 637. The fourth-order valence-electron chi connectivity index (χ4n) is 3.13. The number of benzene rings is 1. The summed E-state index contributed by atoms with van der Waals surface area (Å²) >= 11 is 0. The van der Waals surface area contributed by atoms with Crippen molar-refractivity contribution in [2.45, 2.75) is 96.8 Å². The summed E-state index contributed by atoms with van der Waals surface area (Å²) in [6, 6.07) is 7.70. The molecule has 0 saturated carbocycles. The second-order valence-electron chi connectivity index (χ2n) is 7.54. The maximum atomic E-state index is 10.3. The van der Waals surface area contributed by atoms with E-state index in [4.69, 9.17) is 5.11 Å². The Hall–Kier alpha value is -2.17. The van der Waals surface area contributed by atoms with Gasteiger partial charge in [0.2, 0.25) is 0 Å². The molecule has 162 valence electrons. The van der Waals surface area contributed by atoms with Crippen LogP contribution in [0.3, 0.4) is 0 Å².